The van der Waals surface area contributed by atoms with E-state index in [0.29, 0.717) is 5.56 Å². The Balaban J connectivity index is 2.40. The Morgan fingerprint density at radius 1 is 1.06 bits per heavy atom. The van der Waals surface area contributed by atoms with E-state index in [-0.39, 0.29) is 0 Å². The van der Waals surface area contributed by atoms with Gasteiger partial charge in [-0.3, -0.25) is 0 Å². The van der Waals surface area contributed by atoms with Crippen LogP contribution in [-0.2, 0) is 0 Å². The second kappa shape index (κ2) is 4.00. The fourth-order valence-electron chi connectivity index (χ4n) is 1.97. The number of fused-ring (bicyclic) bond motifs is 1. The molecule has 3 rings (SSSR count). The largest absolute Gasteiger partial charge is 0.245 e. The van der Waals surface area contributed by atoms with Crippen LogP contribution in [0.15, 0.2) is 47.3 Å². The Kier molecular flexibility index (Phi) is 2.36. The van der Waals surface area contributed by atoms with Crippen molar-refractivity contribution < 1.29 is 0 Å². The highest BCUT2D eigenvalue weighted by Crippen LogP contribution is 2.30. The first-order valence-corrected chi connectivity index (χ1v) is 6.15. The van der Waals surface area contributed by atoms with Crippen LogP contribution in [0.4, 0.5) is 0 Å². The molecule has 0 unspecified atom stereocenters. The first-order valence-electron chi connectivity index (χ1n) is 5.20. The number of hydrogen-bond donors (Lipinski definition) is 0. The first kappa shape index (κ1) is 10.0. The van der Waals surface area contributed by atoms with E-state index in [1.54, 1.807) is 11.3 Å². The van der Waals surface area contributed by atoms with Gasteiger partial charge in [0.15, 0.2) is 0 Å². The number of aromatic nitrogens is 1. The average Bonchev–Trinajstić information content (AvgIpc) is 2.91. The third kappa shape index (κ3) is 1.59. The number of nitriles is 1. The van der Waals surface area contributed by atoms with Gasteiger partial charge >= 0.3 is 0 Å². The lowest BCUT2D eigenvalue weighted by Gasteiger charge is -2.05. The zero-order valence-corrected chi connectivity index (χ0v) is 9.74. The Labute approximate surface area is 103 Å². The Hall–Kier alpha value is -2.18. The van der Waals surface area contributed by atoms with Gasteiger partial charge in [-0.25, -0.2) is 4.98 Å². The van der Waals surface area contributed by atoms with E-state index in [1.165, 1.54) is 0 Å². The van der Waals surface area contributed by atoms with Crippen LogP contribution in [-0.4, -0.2) is 4.98 Å². The quantitative estimate of drug-likeness (QED) is 0.643. The third-order valence-electron chi connectivity index (χ3n) is 2.75. The molecule has 1 aromatic heterocycles. The molecule has 17 heavy (non-hydrogen) atoms. The molecule has 0 aliphatic rings. The maximum absolute atomic E-state index is 9.09. The van der Waals surface area contributed by atoms with Gasteiger partial charge in [-0.1, -0.05) is 30.3 Å². The van der Waals surface area contributed by atoms with Gasteiger partial charge in [0.2, 0.25) is 0 Å². The highest BCUT2D eigenvalue weighted by molar-refractivity contribution is 7.07. The van der Waals surface area contributed by atoms with Crippen molar-refractivity contribution in [2.24, 2.45) is 0 Å². The lowest BCUT2D eigenvalue weighted by Crippen LogP contribution is -1.84. The second-order valence-electron chi connectivity index (χ2n) is 3.69. The van der Waals surface area contributed by atoms with E-state index >= 15 is 0 Å². The molecule has 0 aliphatic carbocycles. The zero-order chi connectivity index (χ0) is 11.7. The van der Waals surface area contributed by atoms with Crippen molar-refractivity contribution in [3.8, 4) is 17.3 Å². The van der Waals surface area contributed by atoms with E-state index < -0.39 is 0 Å². The molecular formula is C14H8N2S. The molecule has 0 saturated carbocycles. The van der Waals surface area contributed by atoms with Crippen molar-refractivity contribution in [3.05, 3.63) is 52.9 Å². The average molecular weight is 236 g/mol. The molecule has 0 aliphatic heterocycles. The number of hydrogen-bond acceptors (Lipinski definition) is 3. The normalized spacial score (nSPS) is 10.3. The summed E-state index contributed by atoms with van der Waals surface area (Å²) in [5.74, 6) is 0. The molecule has 0 spiro atoms. The highest BCUT2D eigenvalue weighted by Gasteiger charge is 2.07. The van der Waals surface area contributed by atoms with Gasteiger partial charge in [-0.2, -0.15) is 5.26 Å². The molecule has 0 N–H and O–H groups in total. The van der Waals surface area contributed by atoms with Crippen LogP contribution in [0.2, 0.25) is 0 Å². The van der Waals surface area contributed by atoms with Gasteiger partial charge in [0, 0.05) is 16.3 Å². The summed E-state index contributed by atoms with van der Waals surface area (Å²) in [7, 11) is 0. The van der Waals surface area contributed by atoms with Crippen LogP contribution in [0.5, 0.6) is 0 Å². The summed E-state index contributed by atoms with van der Waals surface area (Å²) >= 11 is 1.58. The Morgan fingerprint density at radius 3 is 2.59 bits per heavy atom. The monoisotopic (exact) mass is 236 g/mol. The molecule has 3 heteroatoms. The van der Waals surface area contributed by atoms with Crippen LogP contribution in [0.1, 0.15) is 5.56 Å². The molecule has 0 amide bonds. The molecule has 0 saturated heterocycles. The summed E-state index contributed by atoms with van der Waals surface area (Å²) < 4.78 is 0. The molecule has 1 heterocycles. The van der Waals surface area contributed by atoms with E-state index in [0.717, 1.165) is 22.0 Å². The van der Waals surface area contributed by atoms with Crippen LogP contribution >= 0.6 is 11.3 Å². The van der Waals surface area contributed by atoms with Crippen molar-refractivity contribution in [1.29, 1.82) is 5.26 Å². The van der Waals surface area contributed by atoms with E-state index in [9.17, 15) is 0 Å². The topological polar surface area (TPSA) is 36.7 Å². The third-order valence-corrected chi connectivity index (χ3v) is 3.34. The van der Waals surface area contributed by atoms with Crippen molar-refractivity contribution in [3.63, 3.8) is 0 Å². The SMILES string of the molecule is N#Cc1ccc(-c2cscn2)c2ccccc12. The molecule has 0 radical (unpaired) electrons. The summed E-state index contributed by atoms with van der Waals surface area (Å²) in [5, 5.41) is 13.2. The second-order valence-corrected chi connectivity index (χ2v) is 4.41. The summed E-state index contributed by atoms with van der Waals surface area (Å²) in [4.78, 5) is 4.33. The van der Waals surface area contributed by atoms with E-state index in [2.05, 4.69) is 11.1 Å². The molecule has 2 nitrogen and oxygen atoms in total. The summed E-state index contributed by atoms with van der Waals surface area (Å²) in [6.07, 6.45) is 0. The van der Waals surface area contributed by atoms with Crippen LogP contribution in [0.25, 0.3) is 22.0 Å². The lowest BCUT2D eigenvalue weighted by atomic mass is 9.99. The molecule has 2 aromatic carbocycles. The van der Waals surface area contributed by atoms with Gasteiger partial charge in [-0.05, 0) is 11.5 Å². The highest BCUT2D eigenvalue weighted by atomic mass is 32.1. The first-order chi connectivity index (χ1) is 8.40. The molecular weight excluding hydrogens is 228 g/mol. The number of nitrogens with zero attached hydrogens (tertiary/aromatic N) is 2. The molecule has 80 valence electrons. The minimum atomic E-state index is 0.708. The number of benzene rings is 2. The molecule has 3 aromatic rings. The molecule has 0 atom stereocenters. The zero-order valence-electron chi connectivity index (χ0n) is 8.92. The molecule has 0 fully saturated rings. The van der Waals surface area contributed by atoms with Crippen molar-refractivity contribution in [2.45, 2.75) is 0 Å². The fourth-order valence-corrected chi connectivity index (χ4v) is 2.52. The van der Waals surface area contributed by atoms with Gasteiger partial charge in [0.1, 0.15) is 0 Å². The number of thiazole rings is 1. The standard InChI is InChI=1S/C14H8N2S/c15-7-10-5-6-13(14-8-17-9-16-14)12-4-2-1-3-11(10)12/h1-6,8-9H. The fraction of sp³-hybridized carbons (Fsp3) is 0. The minimum absolute atomic E-state index is 0.708. The summed E-state index contributed by atoms with van der Waals surface area (Å²) in [5.41, 5.74) is 4.58. The minimum Gasteiger partial charge on any atom is -0.245 e. The summed E-state index contributed by atoms with van der Waals surface area (Å²) in [6.45, 7) is 0. The predicted molar refractivity (Wildman–Crippen MR) is 69.8 cm³/mol. The lowest BCUT2D eigenvalue weighted by molar-refractivity contribution is 1.42. The van der Waals surface area contributed by atoms with Gasteiger partial charge in [0.25, 0.3) is 0 Å². The number of rotatable bonds is 1. The van der Waals surface area contributed by atoms with Gasteiger partial charge in [-0.15, -0.1) is 11.3 Å². The van der Waals surface area contributed by atoms with Crippen LogP contribution in [0, 0.1) is 11.3 Å². The van der Waals surface area contributed by atoms with Crippen LogP contribution < -0.4 is 0 Å². The van der Waals surface area contributed by atoms with E-state index in [1.807, 2.05) is 47.3 Å². The van der Waals surface area contributed by atoms with Crippen molar-refractivity contribution in [1.82, 2.24) is 4.98 Å². The Bertz CT molecular complexity index is 709. The predicted octanol–water partition coefficient (Wildman–Crippen LogP) is 3.83. The maximum atomic E-state index is 9.09. The smallest absolute Gasteiger partial charge is 0.0998 e. The Morgan fingerprint density at radius 2 is 1.88 bits per heavy atom. The maximum Gasteiger partial charge on any atom is 0.0998 e. The summed E-state index contributed by atoms with van der Waals surface area (Å²) in [6, 6.07) is 14.0. The van der Waals surface area contributed by atoms with Crippen molar-refractivity contribution in [2.75, 3.05) is 0 Å². The van der Waals surface area contributed by atoms with Gasteiger partial charge < -0.3 is 0 Å². The van der Waals surface area contributed by atoms with E-state index in [4.69, 9.17) is 5.26 Å². The van der Waals surface area contributed by atoms with Crippen molar-refractivity contribution >= 4 is 22.1 Å². The van der Waals surface area contributed by atoms with Gasteiger partial charge in [0.05, 0.1) is 22.8 Å². The molecule has 0 bridgehead atoms. The van der Waals surface area contributed by atoms with Crippen LogP contribution in [0.3, 0.4) is 0 Å².